The third-order valence-electron chi connectivity index (χ3n) is 6.40. The fourth-order valence-corrected chi connectivity index (χ4v) is 4.22. The molecule has 0 spiro atoms. The molecule has 0 bridgehead atoms. The van der Waals surface area contributed by atoms with Crippen molar-refractivity contribution >= 4 is 11.9 Å². The number of rotatable bonds is 13. The van der Waals surface area contributed by atoms with Crippen LogP contribution in [0.1, 0.15) is 12.2 Å². The molecule has 0 radical (unpaired) electrons. The third kappa shape index (κ3) is 8.52. The first-order valence-electron chi connectivity index (χ1n) is 13.5. The van der Waals surface area contributed by atoms with Crippen LogP contribution in [-0.2, 0) is 20.7 Å². The number of likely N-dealkylation sites (N-methyl/N-ethyl adjacent to an activating group) is 1. The van der Waals surface area contributed by atoms with Crippen molar-refractivity contribution in [3.8, 4) is 22.6 Å². The first-order valence-corrected chi connectivity index (χ1v) is 13.5. The molecule has 0 unspecified atom stereocenters. The van der Waals surface area contributed by atoms with Crippen LogP contribution in [0.15, 0.2) is 36.5 Å². The third-order valence-corrected chi connectivity index (χ3v) is 6.40. The largest absolute Gasteiger partial charge is 0.356 e. The lowest BCUT2D eigenvalue weighted by Crippen LogP contribution is -2.43. The molecule has 3 heterocycles. The van der Waals surface area contributed by atoms with Gasteiger partial charge in [-0.25, -0.2) is 19.3 Å². The number of H-pyrrole nitrogens is 1. The van der Waals surface area contributed by atoms with Gasteiger partial charge in [0.15, 0.2) is 6.29 Å². The average molecular weight is 555 g/mol. The number of hydrogen-bond acceptors (Lipinski definition) is 9. The zero-order valence-corrected chi connectivity index (χ0v) is 23.6. The molecular weight excluding hydrogens is 515 g/mol. The van der Waals surface area contributed by atoms with Gasteiger partial charge in [0.05, 0.1) is 42.6 Å². The summed E-state index contributed by atoms with van der Waals surface area (Å²) in [5.74, 6) is 0.403. The summed E-state index contributed by atoms with van der Waals surface area (Å²) in [6.07, 6.45) is 2.37. The number of halogens is 1. The molecule has 216 valence electrons. The highest BCUT2D eigenvalue weighted by molar-refractivity contribution is 5.79. The molecule has 11 nitrogen and oxygen atoms in total. The number of amides is 1. The Bertz CT molecular complexity index is 1230. The van der Waals surface area contributed by atoms with Crippen LogP contribution >= 0.6 is 0 Å². The predicted octanol–water partition coefficient (Wildman–Crippen LogP) is 2.25. The van der Waals surface area contributed by atoms with Crippen molar-refractivity contribution in [1.29, 1.82) is 0 Å². The predicted molar refractivity (Wildman–Crippen MR) is 151 cm³/mol. The molecule has 0 aliphatic carbocycles. The molecular formula is C28H39FN8O3. The van der Waals surface area contributed by atoms with Crippen LogP contribution in [0.4, 0.5) is 10.3 Å². The maximum absolute atomic E-state index is 13.7. The number of nitrogens with zero attached hydrogens (tertiary/aromatic N) is 5. The molecule has 4 rings (SSSR count). The SMILES string of the molecule is CN(C)CCCNC(=O)C1COC(Cc2nc(-c3ccc(F)cc3)c(-c3ccnc(NCCN(C)C)n3)[nH]2)OC1. The van der Waals surface area contributed by atoms with Gasteiger partial charge in [0.1, 0.15) is 11.6 Å². The molecule has 1 aliphatic heterocycles. The zero-order chi connectivity index (χ0) is 28.5. The van der Waals surface area contributed by atoms with Crippen LogP contribution in [0.3, 0.4) is 0 Å². The van der Waals surface area contributed by atoms with Gasteiger partial charge in [-0.15, -0.1) is 0 Å². The van der Waals surface area contributed by atoms with E-state index in [9.17, 15) is 9.18 Å². The van der Waals surface area contributed by atoms with E-state index >= 15 is 0 Å². The van der Waals surface area contributed by atoms with Gasteiger partial charge >= 0.3 is 0 Å². The van der Waals surface area contributed by atoms with E-state index in [0.29, 0.717) is 48.4 Å². The Morgan fingerprint density at radius 2 is 1.75 bits per heavy atom. The second kappa shape index (κ2) is 14.3. The molecule has 1 saturated heterocycles. The van der Waals surface area contributed by atoms with Crippen molar-refractivity contribution < 1.29 is 18.7 Å². The van der Waals surface area contributed by atoms with E-state index in [2.05, 4.69) is 35.4 Å². The number of benzene rings is 1. The van der Waals surface area contributed by atoms with E-state index in [-0.39, 0.29) is 30.9 Å². The zero-order valence-electron chi connectivity index (χ0n) is 23.6. The summed E-state index contributed by atoms with van der Waals surface area (Å²) in [4.78, 5) is 33.8. The van der Waals surface area contributed by atoms with E-state index < -0.39 is 6.29 Å². The maximum Gasteiger partial charge on any atom is 0.227 e. The van der Waals surface area contributed by atoms with Gasteiger partial charge in [-0.05, 0) is 71.5 Å². The second-order valence-electron chi connectivity index (χ2n) is 10.4. The van der Waals surface area contributed by atoms with Crippen LogP contribution in [0, 0.1) is 11.7 Å². The monoisotopic (exact) mass is 554 g/mol. The number of aromatic amines is 1. The fraction of sp³-hybridized carbons (Fsp3) is 0.500. The molecule has 1 fully saturated rings. The van der Waals surface area contributed by atoms with Crippen molar-refractivity contribution in [2.24, 2.45) is 5.92 Å². The molecule has 1 aromatic carbocycles. The Morgan fingerprint density at radius 3 is 2.45 bits per heavy atom. The van der Waals surface area contributed by atoms with Crippen LogP contribution in [0.5, 0.6) is 0 Å². The maximum atomic E-state index is 13.7. The minimum Gasteiger partial charge on any atom is -0.356 e. The fourth-order valence-electron chi connectivity index (χ4n) is 4.22. The molecule has 12 heteroatoms. The van der Waals surface area contributed by atoms with Gasteiger partial charge in [-0.1, -0.05) is 0 Å². The molecule has 0 saturated carbocycles. The minimum absolute atomic E-state index is 0.0603. The molecule has 3 N–H and O–H groups in total. The Labute approximate surface area is 234 Å². The number of carbonyl (C=O) groups excluding carboxylic acids is 1. The highest BCUT2D eigenvalue weighted by atomic mass is 19.1. The number of anilines is 1. The van der Waals surface area contributed by atoms with E-state index in [4.69, 9.17) is 14.5 Å². The van der Waals surface area contributed by atoms with E-state index in [1.165, 1.54) is 12.1 Å². The van der Waals surface area contributed by atoms with Crippen molar-refractivity contribution in [2.75, 3.05) is 72.9 Å². The van der Waals surface area contributed by atoms with Crippen molar-refractivity contribution in [2.45, 2.75) is 19.1 Å². The Morgan fingerprint density at radius 1 is 1.02 bits per heavy atom. The van der Waals surface area contributed by atoms with Crippen molar-refractivity contribution in [3.05, 3.63) is 48.2 Å². The quantitative estimate of drug-likeness (QED) is 0.273. The van der Waals surface area contributed by atoms with E-state index in [1.807, 2.05) is 28.2 Å². The number of nitrogens with one attached hydrogen (secondary N) is 3. The van der Waals surface area contributed by atoms with Crippen LogP contribution in [-0.4, -0.2) is 110 Å². The van der Waals surface area contributed by atoms with Gasteiger partial charge in [0.2, 0.25) is 11.9 Å². The summed E-state index contributed by atoms with van der Waals surface area (Å²) in [6.45, 7) is 3.61. The molecule has 3 aromatic rings. The summed E-state index contributed by atoms with van der Waals surface area (Å²) in [6, 6.07) is 7.98. The highest BCUT2D eigenvalue weighted by Crippen LogP contribution is 2.30. The van der Waals surface area contributed by atoms with Gasteiger partial charge in [-0.2, -0.15) is 0 Å². The first-order chi connectivity index (χ1) is 19.3. The number of hydrogen-bond donors (Lipinski definition) is 3. The van der Waals surface area contributed by atoms with Crippen molar-refractivity contribution in [1.82, 2.24) is 35.1 Å². The summed E-state index contributed by atoms with van der Waals surface area (Å²) < 4.78 is 25.4. The highest BCUT2D eigenvalue weighted by Gasteiger charge is 2.29. The number of imidazole rings is 1. The molecule has 1 amide bonds. The summed E-state index contributed by atoms with van der Waals surface area (Å²) in [7, 11) is 8.01. The van der Waals surface area contributed by atoms with Gasteiger partial charge in [-0.3, -0.25) is 4.79 Å². The van der Waals surface area contributed by atoms with Crippen LogP contribution < -0.4 is 10.6 Å². The standard InChI is InChI=1S/C28H39FN8O3/c1-36(2)14-5-11-30-27(38)20-17-39-24(40-18-20)16-23-34-25(19-6-8-21(29)9-7-19)26(35-23)22-10-12-31-28(33-22)32-13-15-37(3)4/h6-10,12,20,24H,5,11,13-18H2,1-4H3,(H,30,38)(H,34,35)(H,31,32,33). The Balaban J connectivity index is 1.44. The second-order valence-corrected chi connectivity index (χ2v) is 10.4. The molecule has 40 heavy (non-hydrogen) atoms. The topological polar surface area (TPSA) is 121 Å². The average Bonchev–Trinajstić information content (AvgIpc) is 3.35. The number of ether oxygens (including phenoxy) is 2. The van der Waals surface area contributed by atoms with Crippen molar-refractivity contribution in [3.63, 3.8) is 0 Å². The lowest BCUT2D eigenvalue weighted by molar-refractivity contribution is -0.200. The number of aromatic nitrogens is 4. The molecule has 0 atom stereocenters. The van der Waals surface area contributed by atoms with E-state index in [1.54, 1.807) is 24.4 Å². The van der Waals surface area contributed by atoms with Gasteiger partial charge < -0.3 is 34.9 Å². The number of carbonyl (C=O) groups is 1. The molecule has 2 aromatic heterocycles. The smallest absolute Gasteiger partial charge is 0.227 e. The van der Waals surface area contributed by atoms with Gasteiger partial charge in [0, 0.05) is 31.4 Å². The van der Waals surface area contributed by atoms with Crippen LogP contribution in [0.2, 0.25) is 0 Å². The first kappa shape index (κ1) is 29.5. The minimum atomic E-state index is -0.550. The summed E-state index contributed by atoms with van der Waals surface area (Å²) in [5.41, 5.74) is 2.72. The normalized spacial score (nSPS) is 17.4. The van der Waals surface area contributed by atoms with Crippen LogP contribution in [0.25, 0.3) is 22.6 Å². The summed E-state index contributed by atoms with van der Waals surface area (Å²) in [5, 5.41) is 6.19. The Kier molecular flexibility index (Phi) is 10.5. The van der Waals surface area contributed by atoms with Gasteiger partial charge in [0.25, 0.3) is 0 Å². The molecule has 1 aliphatic rings. The lowest BCUT2D eigenvalue weighted by atomic mass is 10.1. The lowest BCUT2D eigenvalue weighted by Gasteiger charge is -2.28. The Hall–Kier alpha value is -3.45. The summed E-state index contributed by atoms with van der Waals surface area (Å²) >= 11 is 0. The van der Waals surface area contributed by atoms with E-state index in [0.717, 1.165) is 25.1 Å².